The van der Waals surface area contributed by atoms with Crippen LogP contribution in [0.3, 0.4) is 0 Å². The van der Waals surface area contributed by atoms with Gasteiger partial charge in [0.05, 0.1) is 7.11 Å². The first-order valence-corrected chi connectivity index (χ1v) is 6.53. The average molecular weight is 257 g/mol. The minimum Gasteiger partial charge on any atom is -0.467 e. The van der Waals surface area contributed by atoms with Gasteiger partial charge in [0.2, 0.25) is 5.91 Å². The van der Waals surface area contributed by atoms with E-state index in [1.54, 1.807) is 0 Å². The Morgan fingerprint density at radius 3 is 2.06 bits per heavy atom. The highest BCUT2D eigenvalue weighted by atomic mass is 16.5. The molecule has 0 aromatic carbocycles. The zero-order valence-corrected chi connectivity index (χ0v) is 12.7. The standard InChI is InChI=1S/C14H27NO3/c1-8-9(2)10(3)12(16)15-11(13(17)18-7)14(4,5)6/h9-11H,8H2,1-7H3,(H,15,16)/t9?,10-,11+/m0/s1. The molecule has 0 aromatic rings. The van der Waals surface area contributed by atoms with Crippen molar-refractivity contribution in [3.63, 3.8) is 0 Å². The number of nitrogens with one attached hydrogen (secondary N) is 1. The van der Waals surface area contributed by atoms with Crippen LogP contribution in [0.5, 0.6) is 0 Å². The molecule has 0 aromatic heterocycles. The van der Waals surface area contributed by atoms with Crippen LogP contribution in [-0.2, 0) is 14.3 Å². The Kier molecular flexibility index (Phi) is 6.36. The second kappa shape index (κ2) is 6.76. The summed E-state index contributed by atoms with van der Waals surface area (Å²) in [6, 6.07) is -0.610. The molecule has 0 aliphatic rings. The van der Waals surface area contributed by atoms with E-state index >= 15 is 0 Å². The Bertz CT molecular complexity index is 294. The lowest BCUT2D eigenvalue weighted by Crippen LogP contribution is -2.51. The summed E-state index contributed by atoms with van der Waals surface area (Å²) in [5.74, 6) is -0.297. The van der Waals surface area contributed by atoms with Crippen LogP contribution < -0.4 is 5.32 Å². The fraction of sp³-hybridized carbons (Fsp3) is 0.857. The predicted molar refractivity (Wildman–Crippen MR) is 72.0 cm³/mol. The number of carbonyl (C=O) groups excluding carboxylic acids is 2. The quantitative estimate of drug-likeness (QED) is 0.769. The second-order valence-corrected chi connectivity index (χ2v) is 6.00. The molecular formula is C14H27NO3. The zero-order valence-electron chi connectivity index (χ0n) is 12.7. The summed E-state index contributed by atoms with van der Waals surface area (Å²) in [7, 11) is 1.34. The third-order valence-electron chi connectivity index (χ3n) is 3.50. The molecule has 0 aliphatic carbocycles. The summed E-state index contributed by atoms with van der Waals surface area (Å²) >= 11 is 0. The highest BCUT2D eigenvalue weighted by molar-refractivity contribution is 5.86. The molecule has 0 saturated carbocycles. The van der Waals surface area contributed by atoms with Gasteiger partial charge in [0.25, 0.3) is 0 Å². The third kappa shape index (κ3) is 4.67. The van der Waals surface area contributed by atoms with Crippen LogP contribution in [0.2, 0.25) is 0 Å². The molecule has 1 unspecified atom stereocenters. The van der Waals surface area contributed by atoms with Gasteiger partial charge in [-0.15, -0.1) is 0 Å². The Balaban J connectivity index is 4.80. The maximum Gasteiger partial charge on any atom is 0.328 e. The molecule has 3 atom stereocenters. The molecule has 4 heteroatoms. The van der Waals surface area contributed by atoms with Gasteiger partial charge in [-0.3, -0.25) is 4.79 Å². The minimum atomic E-state index is -0.610. The summed E-state index contributed by atoms with van der Waals surface area (Å²) < 4.78 is 4.75. The first-order valence-electron chi connectivity index (χ1n) is 6.53. The van der Waals surface area contributed by atoms with Crippen molar-refractivity contribution in [1.29, 1.82) is 0 Å². The second-order valence-electron chi connectivity index (χ2n) is 6.00. The van der Waals surface area contributed by atoms with Crippen molar-refractivity contribution in [3.05, 3.63) is 0 Å². The van der Waals surface area contributed by atoms with Crippen molar-refractivity contribution < 1.29 is 14.3 Å². The van der Waals surface area contributed by atoms with Crippen molar-refractivity contribution in [1.82, 2.24) is 5.32 Å². The van der Waals surface area contributed by atoms with Gasteiger partial charge in [0.1, 0.15) is 6.04 Å². The van der Waals surface area contributed by atoms with Crippen LogP contribution in [0.25, 0.3) is 0 Å². The van der Waals surface area contributed by atoms with E-state index < -0.39 is 12.0 Å². The van der Waals surface area contributed by atoms with Crippen LogP contribution in [0, 0.1) is 17.3 Å². The Morgan fingerprint density at radius 2 is 1.72 bits per heavy atom. The van der Waals surface area contributed by atoms with Crippen molar-refractivity contribution in [2.75, 3.05) is 7.11 Å². The zero-order chi connectivity index (χ0) is 14.5. The first kappa shape index (κ1) is 16.9. The molecule has 0 fully saturated rings. The summed E-state index contributed by atoms with van der Waals surface area (Å²) in [5, 5.41) is 2.81. The van der Waals surface area contributed by atoms with E-state index in [1.165, 1.54) is 7.11 Å². The van der Waals surface area contributed by atoms with E-state index in [2.05, 4.69) is 12.2 Å². The topological polar surface area (TPSA) is 55.4 Å². The molecule has 0 rings (SSSR count). The van der Waals surface area contributed by atoms with Crippen molar-refractivity contribution in [2.45, 2.75) is 54.0 Å². The summed E-state index contributed by atoms with van der Waals surface area (Å²) in [4.78, 5) is 23.8. The van der Waals surface area contributed by atoms with E-state index in [0.29, 0.717) is 5.92 Å². The third-order valence-corrected chi connectivity index (χ3v) is 3.50. The number of methoxy groups -OCH3 is 1. The average Bonchev–Trinajstić information content (AvgIpc) is 2.31. The van der Waals surface area contributed by atoms with Gasteiger partial charge in [0, 0.05) is 5.92 Å². The molecule has 106 valence electrons. The molecule has 1 amide bonds. The summed E-state index contributed by atoms with van der Waals surface area (Å²) in [6.07, 6.45) is 0.937. The maximum absolute atomic E-state index is 12.1. The van der Waals surface area contributed by atoms with E-state index in [-0.39, 0.29) is 17.2 Å². The van der Waals surface area contributed by atoms with Crippen LogP contribution in [0.4, 0.5) is 0 Å². The van der Waals surface area contributed by atoms with E-state index in [4.69, 9.17) is 4.74 Å². The van der Waals surface area contributed by atoms with Gasteiger partial charge < -0.3 is 10.1 Å². The Labute approximate surface area is 110 Å². The highest BCUT2D eigenvalue weighted by Gasteiger charge is 2.35. The lowest BCUT2D eigenvalue weighted by atomic mass is 9.85. The van der Waals surface area contributed by atoms with Crippen LogP contribution in [0.1, 0.15) is 48.0 Å². The minimum absolute atomic E-state index is 0.0883. The van der Waals surface area contributed by atoms with Gasteiger partial charge in [-0.05, 0) is 11.3 Å². The van der Waals surface area contributed by atoms with Crippen molar-refractivity contribution >= 4 is 11.9 Å². The number of hydrogen-bond donors (Lipinski definition) is 1. The number of rotatable bonds is 5. The molecule has 4 nitrogen and oxygen atoms in total. The number of hydrogen-bond acceptors (Lipinski definition) is 3. The number of ether oxygens (including phenoxy) is 1. The SMILES string of the molecule is CCC(C)[C@H](C)C(=O)N[C@H](C(=O)OC)C(C)(C)C. The summed E-state index contributed by atoms with van der Waals surface area (Å²) in [6.45, 7) is 11.7. The lowest BCUT2D eigenvalue weighted by Gasteiger charge is -2.30. The van der Waals surface area contributed by atoms with Gasteiger partial charge >= 0.3 is 5.97 Å². The summed E-state index contributed by atoms with van der Waals surface area (Å²) in [5.41, 5.74) is -0.363. The number of amides is 1. The predicted octanol–water partition coefficient (Wildman–Crippen LogP) is 2.37. The maximum atomic E-state index is 12.1. The Hall–Kier alpha value is -1.06. The first-order chi connectivity index (χ1) is 8.15. The number of esters is 1. The van der Waals surface area contributed by atoms with Gasteiger partial charge in [-0.1, -0.05) is 48.0 Å². The molecule has 0 saturated heterocycles. The fourth-order valence-electron chi connectivity index (χ4n) is 1.63. The largest absolute Gasteiger partial charge is 0.467 e. The van der Waals surface area contributed by atoms with Crippen LogP contribution in [0.15, 0.2) is 0 Å². The van der Waals surface area contributed by atoms with E-state index in [9.17, 15) is 9.59 Å². The van der Waals surface area contributed by atoms with Crippen LogP contribution >= 0.6 is 0 Å². The molecule has 0 bridgehead atoms. The van der Waals surface area contributed by atoms with Gasteiger partial charge in [0.15, 0.2) is 0 Å². The van der Waals surface area contributed by atoms with E-state index in [1.807, 2.05) is 34.6 Å². The molecule has 1 N–H and O–H groups in total. The Morgan fingerprint density at radius 1 is 1.22 bits per heavy atom. The monoisotopic (exact) mass is 257 g/mol. The molecule has 0 heterocycles. The van der Waals surface area contributed by atoms with Crippen LogP contribution in [-0.4, -0.2) is 25.0 Å². The van der Waals surface area contributed by atoms with Gasteiger partial charge in [-0.25, -0.2) is 4.79 Å². The fourth-order valence-corrected chi connectivity index (χ4v) is 1.63. The lowest BCUT2D eigenvalue weighted by molar-refractivity contribution is -0.149. The number of carbonyl (C=O) groups is 2. The van der Waals surface area contributed by atoms with Crippen molar-refractivity contribution in [3.8, 4) is 0 Å². The molecular weight excluding hydrogens is 230 g/mol. The molecule has 0 spiro atoms. The molecule has 0 radical (unpaired) electrons. The van der Waals surface area contributed by atoms with Gasteiger partial charge in [-0.2, -0.15) is 0 Å². The molecule has 0 aliphatic heterocycles. The molecule has 18 heavy (non-hydrogen) atoms. The normalized spacial score (nSPS) is 16.6. The highest BCUT2D eigenvalue weighted by Crippen LogP contribution is 2.22. The van der Waals surface area contributed by atoms with E-state index in [0.717, 1.165) is 6.42 Å². The smallest absolute Gasteiger partial charge is 0.328 e. The van der Waals surface area contributed by atoms with Crippen molar-refractivity contribution in [2.24, 2.45) is 17.3 Å².